The number of rotatable bonds is 7. The molecule has 0 bridgehead atoms. The van der Waals surface area contributed by atoms with Gasteiger partial charge in [0.25, 0.3) is 5.89 Å². The highest BCUT2D eigenvalue weighted by atomic mass is 32.2. The summed E-state index contributed by atoms with van der Waals surface area (Å²) < 4.78 is 5.33. The van der Waals surface area contributed by atoms with E-state index in [9.17, 15) is 4.79 Å². The lowest BCUT2D eigenvalue weighted by molar-refractivity contribution is -0.115. The molecule has 112 valence electrons. The van der Waals surface area contributed by atoms with Gasteiger partial charge in [-0.1, -0.05) is 17.3 Å². The largest absolute Gasteiger partial charge is 0.369 e. The zero-order chi connectivity index (χ0) is 15.2. The van der Waals surface area contributed by atoms with Crippen LogP contribution in [-0.4, -0.2) is 34.9 Å². The molecular formula is C14H18N4O2S. The molecule has 6 nitrogen and oxygen atoms in total. The highest BCUT2D eigenvalue weighted by Gasteiger charge is 2.14. The van der Waals surface area contributed by atoms with Crippen molar-refractivity contribution in [3.63, 3.8) is 0 Å². The number of carbonyl (C=O) groups excluding carboxylic acids is 1. The summed E-state index contributed by atoms with van der Waals surface area (Å²) in [6, 6.07) is 7.86. The van der Waals surface area contributed by atoms with E-state index >= 15 is 0 Å². The number of benzene rings is 1. The summed E-state index contributed by atoms with van der Waals surface area (Å²) in [5, 5.41) is 7.12. The second-order valence-electron chi connectivity index (χ2n) is 4.66. The first-order valence-electron chi connectivity index (χ1n) is 6.60. The molecule has 0 aliphatic rings. The van der Waals surface area contributed by atoms with Crippen molar-refractivity contribution >= 4 is 17.7 Å². The van der Waals surface area contributed by atoms with Gasteiger partial charge in [0.2, 0.25) is 5.91 Å². The maximum Gasteiger partial charge on any atom is 0.259 e. The molecule has 1 amide bonds. The van der Waals surface area contributed by atoms with Crippen molar-refractivity contribution in [3.8, 4) is 11.5 Å². The fraction of sp³-hybridized carbons (Fsp3) is 0.357. The van der Waals surface area contributed by atoms with Gasteiger partial charge in [0.05, 0.1) is 11.3 Å². The van der Waals surface area contributed by atoms with Gasteiger partial charge in [-0.15, -0.1) is 11.8 Å². The Kier molecular flexibility index (Phi) is 5.35. The molecule has 0 saturated carbocycles. The first-order valence-corrected chi connectivity index (χ1v) is 7.59. The molecule has 3 N–H and O–H groups in total. The highest BCUT2D eigenvalue weighted by Crippen LogP contribution is 2.30. The van der Waals surface area contributed by atoms with Crippen LogP contribution in [0.1, 0.15) is 12.7 Å². The molecule has 0 saturated heterocycles. The Balaban J connectivity index is 2.19. The maximum absolute atomic E-state index is 10.9. The van der Waals surface area contributed by atoms with Crippen LogP contribution in [0.15, 0.2) is 33.7 Å². The molecule has 0 spiro atoms. The number of thioether (sulfide) groups is 1. The Bertz CT molecular complexity index is 615. The second-order valence-corrected chi connectivity index (χ2v) is 5.68. The number of likely N-dealkylation sites (N-methyl/N-ethyl adjacent to an activating group) is 1. The number of hydrogen-bond acceptors (Lipinski definition) is 6. The van der Waals surface area contributed by atoms with Crippen molar-refractivity contribution in [1.29, 1.82) is 0 Å². The highest BCUT2D eigenvalue weighted by molar-refractivity contribution is 8.00. The predicted molar refractivity (Wildman–Crippen MR) is 81.9 cm³/mol. The van der Waals surface area contributed by atoms with Crippen molar-refractivity contribution < 1.29 is 9.32 Å². The van der Waals surface area contributed by atoms with Crippen LogP contribution in [0.5, 0.6) is 0 Å². The average molecular weight is 306 g/mol. The van der Waals surface area contributed by atoms with E-state index in [0.29, 0.717) is 18.1 Å². The van der Waals surface area contributed by atoms with Gasteiger partial charge >= 0.3 is 0 Å². The molecule has 0 aliphatic carbocycles. The van der Waals surface area contributed by atoms with E-state index in [-0.39, 0.29) is 17.7 Å². The van der Waals surface area contributed by atoms with Crippen molar-refractivity contribution in [2.24, 2.45) is 5.73 Å². The van der Waals surface area contributed by atoms with Crippen LogP contribution in [0.2, 0.25) is 0 Å². The van der Waals surface area contributed by atoms with Gasteiger partial charge in [-0.2, -0.15) is 4.98 Å². The number of nitrogens with one attached hydrogen (secondary N) is 1. The third-order valence-corrected chi connectivity index (χ3v) is 4.03. The molecule has 0 aliphatic heterocycles. The summed E-state index contributed by atoms with van der Waals surface area (Å²) in [5.74, 6) is 0.973. The van der Waals surface area contributed by atoms with Crippen LogP contribution in [-0.2, 0) is 11.2 Å². The number of hydrogen-bond donors (Lipinski definition) is 2. The maximum atomic E-state index is 10.9. The van der Waals surface area contributed by atoms with Crippen molar-refractivity contribution in [3.05, 3.63) is 30.1 Å². The Hall–Kier alpha value is -1.86. The Morgan fingerprint density at radius 3 is 2.95 bits per heavy atom. The lowest BCUT2D eigenvalue weighted by atomic mass is 10.2. The van der Waals surface area contributed by atoms with Gasteiger partial charge in [0.15, 0.2) is 5.82 Å². The minimum atomic E-state index is -0.358. The van der Waals surface area contributed by atoms with Crippen molar-refractivity contribution in [2.45, 2.75) is 24.3 Å². The zero-order valence-electron chi connectivity index (χ0n) is 12.0. The van der Waals surface area contributed by atoms with Gasteiger partial charge in [0, 0.05) is 17.4 Å². The van der Waals surface area contributed by atoms with E-state index in [1.165, 1.54) is 11.8 Å². The van der Waals surface area contributed by atoms with Gasteiger partial charge in [-0.3, -0.25) is 4.79 Å². The SMILES string of the molecule is CNC(C)Cc1noc(-c2ccccc2SCC(N)=O)n1. The third-order valence-electron chi connectivity index (χ3n) is 2.94. The normalized spacial score (nSPS) is 12.3. The Labute approximate surface area is 127 Å². The summed E-state index contributed by atoms with van der Waals surface area (Å²) in [5.41, 5.74) is 6.00. The number of nitrogens with two attached hydrogens (primary N) is 1. The summed E-state index contributed by atoms with van der Waals surface area (Å²) in [6.07, 6.45) is 0.691. The zero-order valence-corrected chi connectivity index (χ0v) is 12.8. The van der Waals surface area contributed by atoms with E-state index in [0.717, 1.165) is 10.5 Å². The molecule has 2 rings (SSSR count). The second kappa shape index (κ2) is 7.24. The number of aromatic nitrogens is 2. The van der Waals surface area contributed by atoms with Crippen LogP contribution in [0.4, 0.5) is 0 Å². The van der Waals surface area contributed by atoms with Crippen molar-refractivity contribution in [1.82, 2.24) is 15.5 Å². The molecule has 1 aromatic carbocycles. The number of nitrogens with zero attached hydrogens (tertiary/aromatic N) is 2. The van der Waals surface area contributed by atoms with Gasteiger partial charge < -0.3 is 15.6 Å². The average Bonchev–Trinajstić information content (AvgIpc) is 2.93. The summed E-state index contributed by atoms with van der Waals surface area (Å²) in [7, 11) is 1.89. The lowest BCUT2D eigenvalue weighted by Gasteiger charge is -2.05. The number of amides is 1. The summed E-state index contributed by atoms with van der Waals surface area (Å²) in [6.45, 7) is 2.05. The minimum Gasteiger partial charge on any atom is -0.369 e. The summed E-state index contributed by atoms with van der Waals surface area (Å²) in [4.78, 5) is 16.2. The molecule has 1 heterocycles. The molecule has 21 heavy (non-hydrogen) atoms. The molecular weight excluding hydrogens is 288 g/mol. The fourth-order valence-electron chi connectivity index (χ4n) is 1.74. The Morgan fingerprint density at radius 2 is 2.24 bits per heavy atom. The topological polar surface area (TPSA) is 94.0 Å². The lowest BCUT2D eigenvalue weighted by Crippen LogP contribution is -2.24. The number of primary amides is 1. The number of carbonyl (C=O) groups is 1. The molecule has 1 atom stereocenters. The minimum absolute atomic E-state index is 0.217. The smallest absolute Gasteiger partial charge is 0.259 e. The van der Waals surface area contributed by atoms with Gasteiger partial charge in [-0.05, 0) is 26.1 Å². The first-order chi connectivity index (χ1) is 10.1. The quantitative estimate of drug-likeness (QED) is 0.752. The standard InChI is InChI=1S/C14H18N4O2S/c1-9(16-2)7-13-17-14(20-18-13)10-5-3-4-6-11(10)21-8-12(15)19/h3-6,9,16H,7-8H2,1-2H3,(H2,15,19). The van der Waals surface area contributed by atoms with E-state index in [1.54, 1.807) is 0 Å². The van der Waals surface area contributed by atoms with E-state index in [4.69, 9.17) is 10.3 Å². The fourth-order valence-corrected chi connectivity index (χ4v) is 2.52. The Morgan fingerprint density at radius 1 is 1.48 bits per heavy atom. The van der Waals surface area contributed by atoms with E-state index in [1.807, 2.05) is 38.2 Å². The van der Waals surface area contributed by atoms with Crippen LogP contribution >= 0.6 is 11.8 Å². The first kappa shape index (κ1) is 15.5. The molecule has 1 unspecified atom stereocenters. The van der Waals surface area contributed by atoms with Crippen molar-refractivity contribution in [2.75, 3.05) is 12.8 Å². The van der Waals surface area contributed by atoms with Crippen LogP contribution in [0.25, 0.3) is 11.5 Å². The van der Waals surface area contributed by atoms with E-state index < -0.39 is 0 Å². The molecule has 1 aromatic heterocycles. The van der Waals surface area contributed by atoms with Crippen LogP contribution in [0.3, 0.4) is 0 Å². The van der Waals surface area contributed by atoms with E-state index in [2.05, 4.69) is 15.5 Å². The van der Waals surface area contributed by atoms with Gasteiger partial charge in [-0.25, -0.2) is 0 Å². The summed E-state index contributed by atoms with van der Waals surface area (Å²) >= 11 is 1.36. The molecule has 0 radical (unpaired) electrons. The third kappa shape index (κ3) is 4.30. The monoisotopic (exact) mass is 306 g/mol. The molecule has 2 aromatic rings. The molecule has 0 fully saturated rings. The van der Waals surface area contributed by atoms with Gasteiger partial charge in [0.1, 0.15) is 0 Å². The molecule has 7 heteroatoms. The van der Waals surface area contributed by atoms with Crippen LogP contribution in [0, 0.1) is 0 Å². The van der Waals surface area contributed by atoms with Crippen LogP contribution < -0.4 is 11.1 Å². The predicted octanol–water partition coefficient (Wildman–Crippen LogP) is 1.46.